The molecule has 0 spiro atoms. The number of benzene rings is 3. The molecule has 1 saturated heterocycles. The normalized spacial score (nSPS) is 13.6. The van der Waals surface area contributed by atoms with Crippen molar-refractivity contribution in [2.24, 2.45) is 0 Å². The molecule has 1 aliphatic heterocycles. The highest BCUT2D eigenvalue weighted by atomic mass is 19.1. The van der Waals surface area contributed by atoms with E-state index in [1.807, 2.05) is 26.8 Å². The molecule has 1 heterocycles. The van der Waals surface area contributed by atoms with Crippen LogP contribution in [0.25, 0.3) is 0 Å². The molecule has 0 unspecified atom stereocenters. The number of hydrogen-bond donors (Lipinski definition) is 3. The molecule has 0 aromatic heterocycles. The number of amides is 4. The van der Waals surface area contributed by atoms with E-state index in [-0.39, 0.29) is 35.7 Å². The lowest BCUT2D eigenvalue weighted by molar-refractivity contribution is 0.0950. The minimum Gasteiger partial charge on any atom is -0.497 e. The number of rotatable bonds is 7. The first kappa shape index (κ1) is 30.4. The lowest BCUT2D eigenvalue weighted by atomic mass is 10.1. The van der Waals surface area contributed by atoms with Gasteiger partial charge in [-0.1, -0.05) is 12.1 Å². The van der Waals surface area contributed by atoms with Gasteiger partial charge in [-0.15, -0.1) is 0 Å². The molecule has 0 aliphatic carbocycles. The molecule has 0 saturated carbocycles. The topological polar surface area (TPSA) is 103 Å². The standard InChI is InChI=1S/C32H38FN5O4/c1-32(2,3)36-31(41)38-17-5-16-37(18-19-38)28-15-12-25(35-29(39)23-8-13-26(42-4)14-9-23)20-27(28)30(40)34-21-22-6-10-24(33)11-7-22/h6-15,20H,5,16-19,21H2,1-4H3,(H,34,40)(H,35,39)(H,36,41). The molecule has 1 fully saturated rings. The fourth-order valence-corrected chi connectivity index (χ4v) is 4.66. The molecule has 222 valence electrons. The number of ether oxygens (including phenoxy) is 1. The minimum atomic E-state index is -0.348. The number of anilines is 2. The predicted octanol–water partition coefficient (Wildman–Crippen LogP) is 5.04. The van der Waals surface area contributed by atoms with E-state index < -0.39 is 0 Å². The summed E-state index contributed by atoms with van der Waals surface area (Å²) in [6, 6.07) is 17.8. The minimum absolute atomic E-state index is 0.113. The molecular formula is C32H38FN5O4. The number of carbonyl (C=O) groups is 3. The first-order chi connectivity index (χ1) is 20.0. The van der Waals surface area contributed by atoms with E-state index in [1.165, 1.54) is 12.1 Å². The Morgan fingerprint density at radius 3 is 2.26 bits per heavy atom. The van der Waals surface area contributed by atoms with Crippen molar-refractivity contribution in [3.8, 4) is 5.75 Å². The Kier molecular flexibility index (Phi) is 9.67. The number of methoxy groups -OCH3 is 1. The van der Waals surface area contributed by atoms with Crippen molar-refractivity contribution in [1.29, 1.82) is 0 Å². The van der Waals surface area contributed by atoms with E-state index in [1.54, 1.807) is 60.5 Å². The van der Waals surface area contributed by atoms with Gasteiger partial charge in [0.05, 0.1) is 12.7 Å². The molecule has 3 N–H and O–H groups in total. The smallest absolute Gasteiger partial charge is 0.317 e. The molecule has 4 amide bonds. The molecule has 4 rings (SSSR count). The second-order valence-corrected chi connectivity index (χ2v) is 11.2. The van der Waals surface area contributed by atoms with Crippen LogP contribution in [-0.2, 0) is 6.54 Å². The van der Waals surface area contributed by atoms with Crippen molar-refractivity contribution in [3.63, 3.8) is 0 Å². The van der Waals surface area contributed by atoms with Crippen LogP contribution < -0.4 is 25.6 Å². The summed E-state index contributed by atoms with van der Waals surface area (Å²) >= 11 is 0. The second-order valence-electron chi connectivity index (χ2n) is 11.2. The molecule has 0 atom stereocenters. The maximum Gasteiger partial charge on any atom is 0.317 e. The zero-order chi connectivity index (χ0) is 30.3. The van der Waals surface area contributed by atoms with Crippen molar-refractivity contribution >= 4 is 29.2 Å². The number of hydrogen-bond acceptors (Lipinski definition) is 5. The van der Waals surface area contributed by atoms with Gasteiger partial charge in [0.1, 0.15) is 11.6 Å². The first-order valence-electron chi connectivity index (χ1n) is 14.0. The van der Waals surface area contributed by atoms with E-state index in [0.29, 0.717) is 54.4 Å². The van der Waals surface area contributed by atoms with Crippen molar-refractivity contribution in [1.82, 2.24) is 15.5 Å². The average Bonchev–Trinajstić information content (AvgIpc) is 3.22. The van der Waals surface area contributed by atoms with Crippen LogP contribution >= 0.6 is 0 Å². The van der Waals surface area contributed by atoms with Gasteiger partial charge in [-0.25, -0.2) is 9.18 Å². The van der Waals surface area contributed by atoms with E-state index in [2.05, 4.69) is 20.9 Å². The summed E-state index contributed by atoms with van der Waals surface area (Å²) in [6.45, 7) is 8.32. The zero-order valence-electron chi connectivity index (χ0n) is 24.5. The highest BCUT2D eigenvalue weighted by Gasteiger charge is 2.25. The summed E-state index contributed by atoms with van der Waals surface area (Å²) in [4.78, 5) is 43.1. The van der Waals surface area contributed by atoms with Gasteiger partial charge in [0, 0.05) is 55.2 Å². The first-order valence-corrected chi connectivity index (χ1v) is 14.0. The monoisotopic (exact) mass is 575 g/mol. The largest absolute Gasteiger partial charge is 0.497 e. The van der Waals surface area contributed by atoms with Crippen LogP contribution in [-0.4, -0.2) is 61.6 Å². The van der Waals surface area contributed by atoms with Gasteiger partial charge >= 0.3 is 6.03 Å². The summed E-state index contributed by atoms with van der Waals surface area (Å²) in [5.41, 5.74) is 2.41. The SMILES string of the molecule is COc1ccc(C(=O)Nc2ccc(N3CCCN(C(=O)NC(C)(C)C)CC3)c(C(=O)NCc3ccc(F)cc3)c2)cc1. The average molecular weight is 576 g/mol. The van der Waals surface area contributed by atoms with Gasteiger partial charge in [0.15, 0.2) is 0 Å². The van der Waals surface area contributed by atoms with Gasteiger partial charge in [-0.2, -0.15) is 0 Å². The number of carbonyl (C=O) groups excluding carboxylic acids is 3. The summed E-state index contributed by atoms with van der Waals surface area (Å²) in [6.07, 6.45) is 0.726. The van der Waals surface area contributed by atoms with Crippen molar-refractivity contribution < 1.29 is 23.5 Å². The van der Waals surface area contributed by atoms with Crippen LogP contribution in [0.1, 0.15) is 53.5 Å². The van der Waals surface area contributed by atoms with Gasteiger partial charge < -0.3 is 30.5 Å². The highest BCUT2D eigenvalue weighted by Crippen LogP contribution is 2.27. The summed E-state index contributed by atoms with van der Waals surface area (Å²) in [5, 5.41) is 8.81. The maximum atomic E-state index is 13.5. The number of urea groups is 1. The number of nitrogens with zero attached hydrogens (tertiary/aromatic N) is 2. The third-order valence-electron chi connectivity index (χ3n) is 6.82. The van der Waals surface area contributed by atoms with Gasteiger partial charge in [0.25, 0.3) is 11.8 Å². The molecule has 1 aliphatic rings. The molecular weight excluding hydrogens is 537 g/mol. The molecule has 0 bridgehead atoms. The van der Waals surface area contributed by atoms with E-state index in [4.69, 9.17) is 4.74 Å². The highest BCUT2D eigenvalue weighted by molar-refractivity contribution is 6.06. The van der Waals surface area contributed by atoms with Gasteiger partial charge in [-0.3, -0.25) is 9.59 Å². The summed E-state index contributed by atoms with van der Waals surface area (Å²) < 4.78 is 18.5. The Morgan fingerprint density at radius 2 is 1.60 bits per heavy atom. The molecule has 3 aromatic carbocycles. The van der Waals surface area contributed by atoms with Crippen LogP contribution in [0.3, 0.4) is 0 Å². The van der Waals surface area contributed by atoms with E-state index in [0.717, 1.165) is 12.0 Å². The van der Waals surface area contributed by atoms with Crippen LogP contribution in [0.5, 0.6) is 5.75 Å². The van der Waals surface area contributed by atoms with E-state index >= 15 is 0 Å². The Morgan fingerprint density at radius 1 is 0.881 bits per heavy atom. The lowest BCUT2D eigenvalue weighted by Gasteiger charge is -2.28. The molecule has 0 radical (unpaired) electrons. The Balaban J connectivity index is 1.55. The van der Waals surface area contributed by atoms with Crippen LogP contribution in [0.15, 0.2) is 66.7 Å². The number of nitrogens with one attached hydrogen (secondary N) is 3. The number of halogens is 1. The summed E-state index contributed by atoms with van der Waals surface area (Å²) in [5.74, 6) is -0.359. The molecule has 42 heavy (non-hydrogen) atoms. The van der Waals surface area contributed by atoms with Gasteiger partial charge in [0.2, 0.25) is 0 Å². The van der Waals surface area contributed by atoms with Crippen molar-refractivity contribution in [2.45, 2.75) is 39.3 Å². The van der Waals surface area contributed by atoms with Crippen LogP contribution in [0.2, 0.25) is 0 Å². The Hall–Kier alpha value is -4.60. The fraction of sp³-hybridized carbons (Fsp3) is 0.344. The zero-order valence-corrected chi connectivity index (χ0v) is 24.5. The second kappa shape index (κ2) is 13.4. The molecule has 9 nitrogen and oxygen atoms in total. The maximum absolute atomic E-state index is 13.5. The van der Waals surface area contributed by atoms with E-state index in [9.17, 15) is 18.8 Å². The molecule has 3 aromatic rings. The summed E-state index contributed by atoms with van der Waals surface area (Å²) in [7, 11) is 1.56. The van der Waals surface area contributed by atoms with Crippen molar-refractivity contribution in [3.05, 3.63) is 89.2 Å². The third-order valence-corrected chi connectivity index (χ3v) is 6.82. The quantitative estimate of drug-likeness (QED) is 0.367. The fourth-order valence-electron chi connectivity index (χ4n) is 4.66. The lowest BCUT2D eigenvalue weighted by Crippen LogP contribution is -2.49. The van der Waals surface area contributed by atoms with Crippen molar-refractivity contribution in [2.75, 3.05) is 43.5 Å². The van der Waals surface area contributed by atoms with Crippen LogP contribution in [0, 0.1) is 5.82 Å². The predicted molar refractivity (Wildman–Crippen MR) is 162 cm³/mol. The van der Waals surface area contributed by atoms with Crippen LogP contribution in [0.4, 0.5) is 20.6 Å². The third kappa shape index (κ3) is 8.22. The molecule has 10 heteroatoms. The Bertz CT molecular complexity index is 1400. The van der Waals surface area contributed by atoms with Gasteiger partial charge in [-0.05, 0) is 87.4 Å². The Labute approximate surface area is 246 Å².